The van der Waals surface area contributed by atoms with Crippen LogP contribution >= 0.6 is 27.5 Å². The second-order valence-electron chi connectivity index (χ2n) is 4.76. The molecule has 1 N–H and O–H groups in total. The highest BCUT2D eigenvalue weighted by molar-refractivity contribution is 9.10. The topological polar surface area (TPSA) is 77.6 Å². The van der Waals surface area contributed by atoms with Gasteiger partial charge in [-0.2, -0.15) is 5.10 Å². The Balaban J connectivity index is 1.61. The summed E-state index contributed by atoms with van der Waals surface area (Å²) in [6.45, 7) is 0.569. The van der Waals surface area contributed by atoms with Gasteiger partial charge in [0.25, 0.3) is 0 Å². The molecule has 0 atom stereocenters. The molecule has 0 fully saturated rings. The molecular formula is C14H12BrClN6O. The molecule has 2 aromatic heterocycles. The van der Waals surface area contributed by atoms with Crippen LogP contribution in [0.5, 0.6) is 0 Å². The maximum atomic E-state index is 11.9. The molecule has 0 aliphatic heterocycles. The minimum Gasteiger partial charge on any atom is -0.292 e. The Kier molecular flexibility index (Phi) is 4.73. The number of carbonyl (C=O) groups is 1. The molecular weight excluding hydrogens is 384 g/mol. The highest BCUT2D eigenvalue weighted by Gasteiger charge is 2.09. The van der Waals surface area contributed by atoms with E-state index in [1.165, 1.54) is 4.68 Å². The Morgan fingerprint density at radius 2 is 2.13 bits per heavy atom. The van der Waals surface area contributed by atoms with Gasteiger partial charge in [-0.3, -0.25) is 14.8 Å². The van der Waals surface area contributed by atoms with Crippen LogP contribution in [0.4, 0.5) is 5.95 Å². The van der Waals surface area contributed by atoms with Crippen LogP contribution in [0.3, 0.4) is 0 Å². The van der Waals surface area contributed by atoms with Gasteiger partial charge in [-0.15, -0.1) is 5.10 Å². The number of amides is 1. The molecule has 9 heteroatoms. The fourth-order valence-corrected chi connectivity index (χ4v) is 2.49. The zero-order valence-corrected chi connectivity index (χ0v) is 14.2. The number of rotatable bonds is 5. The fraction of sp³-hybridized carbons (Fsp3) is 0.143. The van der Waals surface area contributed by atoms with Gasteiger partial charge in [0.15, 0.2) is 0 Å². The van der Waals surface area contributed by atoms with E-state index in [0.717, 1.165) is 10.0 Å². The molecule has 2 heterocycles. The summed E-state index contributed by atoms with van der Waals surface area (Å²) in [6, 6.07) is 7.51. The van der Waals surface area contributed by atoms with Gasteiger partial charge in [0.05, 0.1) is 17.2 Å². The van der Waals surface area contributed by atoms with Gasteiger partial charge >= 0.3 is 0 Å². The van der Waals surface area contributed by atoms with Gasteiger partial charge in [-0.05, 0) is 27.6 Å². The van der Waals surface area contributed by atoms with Crippen LogP contribution in [0.2, 0.25) is 5.02 Å². The van der Waals surface area contributed by atoms with Crippen molar-refractivity contribution in [2.24, 2.45) is 0 Å². The zero-order chi connectivity index (χ0) is 16.2. The van der Waals surface area contributed by atoms with Crippen molar-refractivity contribution in [1.82, 2.24) is 24.5 Å². The molecule has 0 aliphatic rings. The van der Waals surface area contributed by atoms with Crippen molar-refractivity contribution in [3.8, 4) is 0 Å². The third kappa shape index (κ3) is 4.17. The first kappa shape index (κ1) is 15.7. The summed E-state index contributed by atoms with van der Waals surface area (Å²) in [5.41, 5.74) is 0.929. The lowest BCUT2D eigenvalue weighted by molar-refractivity contribution is -0.116. The van der Waals surface area contributed by atoms with Gasteiger partial charge in [0, 0.05) is 11.2 Å². The predicted molar refractivity (Wildman–Crippen MR) is 89.1 cm³/mol. The second-order valence-corrected chi connectivity index (χ2v) is 6.08. The second kappa shape index (κ2) is 6.93. The number of hydrogen-bond donors (Lipinski definition) is 1. The molecule has 1 aromatic carbocycles. The highest BCUT2D eigenvalue weighted by Crippen LogP contribution is 2.16. The molecule has 0 saturated heterocycles. The van der Waals surface area contributed by atoms with E-state index in [0.29, 0.717) is 11.6 Å². The standard InChI is InChI=1S/C14H12BrClN6O/c15-11-5-18-21(7-11)8-13(23)19-14-17-9-22(20-14)6-10-3-1-2-4-12(10)16/h1-5,7,9H,6,8H2,(H,19,20,23). The van der Waals surface area contributed by atoms with Crippen LogP contribution in [-0.2, 0) is 17.9 Å². The van der Waals surface area contributed by atoms with E-state index in [9.17, 15) is 4.79 Å². The monoisotopic (exact) mass is 394 g/mol. The lowest BCUT2D eigenvalue weighted by Gasteiger charge is -2.03. The van der Waals surface area contributed by atoms with Gasteiger partial charge in [-0.25, -0.2) is 9.67 Å². The average molecular weight is 396 g/mol. The summed E-state index contributed by atoms with van der Waals surface area (Å²) < 4.78 is 3.94. The summed E-state index contributed by atoms with van der Waals surface area (Å²) in [6.07, 6.45) is 4.87. The summed E-state index contributed by atoms with van der Waals surface area (Å²) >= 11 is 9.39. The van der Waals surface area contributed by atoms with Gasteiger partial charge < -0.3 is 0 Å². The number of benzene rings is 1. The normalized spacial score (nSPS) is 10.7. The first-order valence-corrected chi connectivity index (χ1v) is 7.88. The Morgan fingerprint density at radius 3 is 2.87 bits per heavy atom. The van der Waals surface area contributed by atoms with Crippen molar-refractivity contribution in [2.45, 2.75) is 13.1 Å². The average Bonchev–Trinajstić information content (AvgIpc) is 3.11. The van der Waals surface area contributed by atoms with Gasteiger partial charge in [0.2, 0.25) is 11.9 Å². The lowest BCUT2D eigenvalue weighted by atomic mass is 10.2. The van der Waals surface area contributed by atoms with Crippen molar-refractivity contribution in [3.63, 3.8) is 0 Å². The fourth-order valence-electron chi connectivity index (χ4n) is 1.97. The molecule has 0 saturated carbocycles. The third-order valence-corrected chi connectivity index (χ3v) is 3.76. The van der Waals surface area contributed by atoms with Crippen LogP contribution < -0.4 is 5.32 Å². The molecule has 118 valence electrons. The van der Waals surface area contributed by atoms with Crippen molar-refractivity contribution in [3.05, 3.63) is 58.0 Å². The summed E-state index contributed by atoms with van der Waals surface area (Å²) in [4.78, 5) is 16.0. The van der Waals surface area contributed by atoms with Crippen molar-refractivity contribution < 1.29 is 4.79 Å². The maximum Gasteiger partial charge on any atom is 0.248 e. The lowest BCUT2D eigenvalue weighted by Crippen LogP contribution is -2.19. The molecule has 23 heavy (non-hydrogen) atoms. The Morgan fingerprint density at radius 1 is 1.30 bits per heavy atom. The SMILES string of the molecule is O=C(Cn1cc(Br)cn1)Nc1ncn(Cc2ccccc2Cl)n1. The van der Waals surface area contributed by atoms with Gasteiger partial charge in [0.1, 0.15) is 12.9 Å². The van der Waals surface area contributed by atoms with Crippen molar-refractivity contribution in [1.29, 1.82) is 0 Å². The van der Waals surface area contributed by atoms with Crippen LogP contribution in [0.1, 0.15) is 5.56 Å². The minimum atomic E-state index is -0.254. The number of anilines is 1. The maximum absolute atomic E-state index is 11.9. The van der Waals surface area contributed by atoms with Crippen molar-refractivity contribution >= 4 is 39.4 Å². The largest absolute Gasteiger partial charge is 0.292 e. The molecule has 3 rings (SSSR count). The van der Waals surface area contributed by atoms with E-state index >= 15 is 0 Å². The van der Waals surface area contributed by atoms with Gasteiger partial charge in [-0.1, -0.05) is 29.8 Å². The number of nitrogens with zero attached hydrogens (tertiary/aromatic N) is 5. The van der Waals surface area contributed by atoms with Crippen LogP contribution in [0, 0.1) is 0 Å². The molecule has 0 spiro atoms. The number of halogens is 2. The number of aromatic nitrogens is 5. The summed E-state index contributed by atoms with van der Waals surface area (Å²) in [5, 5.41) is 11.5. The van der Waals surface area contributed by atoms with Crippen molar-refractivity contribution in [2.75, 3.05) is 5.32 Å². The molecule has 0 unspecified atom stereocenters. The molecule has 7 nitrogen and oxygen atoms in total. The predicted octanol–water partition coefficient (Wildman–Crippen LogP) is 2.58. The summed E-state index contributed by atoms with van der Waals surface area (Å²) in [7, 11) is 0. The molecule has 3 aromatic rings. The molecule has 0 radical (unpaired) electrons. The van der Waals surface area contributed by atoms with E-state index in [1.807, 2.05) is 24.3 Å². The Hall–Kier alpha value is -2.19. The van der Waals surface area contributed by atoms with Crippen LogP contribution in [-0.4, -0.2) is 30.5 Å². The first-order chi connectivity index (χ1) is 11.1. The van der Waals surface area contributed by atoms with Crippen LogP contribution in [0.25, 0.3) is 0 Å². The van der Waals surface area contributed by atoms with E-state index in [1.54, 1.807) is 23.4 Å². The number of carbonyl (C=O) groups excluding carboxylic acids is 1. The smallest absolute Gasteiger partial charge is 0.248 e. The first-order valence-electron chi connectivity index (χ1n) is 6.71. The number of nitrogens with one attached hydrogen (secondary N) is 1. The molecule has 1 amide bonds. The minimum absolute atomic E-state index is 0.0879. The van der Waals surface area contributed by atoms with E-state index in [4.69, 9.17) is 11.6 Å². The third-order valence-electron chi connectivity index (χ3n) is 2.99. The quantitative estimate of drug-likeness (QED) is 0.720. The highest BCUT2D eigenvalue weighted by atomic mass is 79.9. The van der Waals surface area contributed by atoms with E-state index in [-0.39, 0.29) is 18.4 Å². The molecule has 0 bridgehead atoms. The van der Waals surface area contributed by atoms with E-state index < -0.39 is 0 Å². The molecule has 0 aliphatic carbocycles. The van der Waals surface area contributed by atoms with Crippen LogP contribution in [0.15, 0.2) is 47.5 Å². The summed E-state index contributed by atoms with van der Waals surface area (Å²) in [5.74, 6) is -0.00984. The van der Waals surface area contributed by atoms with E-state index in [2.05, 4.69) is 36.4 Å². The zero-order valence-electron chi connectivity index (χ0n) is 11.9. The Labute approximate surface area is 145 Å². The number of hydrogen-bond acceptors (Lipinski definition) is 4. The Bertz CT molecular complexity index is 830.